The van der Waals surface area contributed by atoms with Crippen molar-refractivity contribution in [3.63, 3.8) is 0 Å². The van der Waals surface area contributed by atoms with Crippen LogP contribution in [0.15, 0.2) is 176 Å². The minimum atomic E-state index is 0.614. The molecule has 0 unspecified atom stereocenters. The first kappa shape index (κ1) is 32.2. The highest BCUT2D eigenvalue weighted by atomic mass is 32.1. The monoisotopic (exact) mass is 699 g/mol. The molecule has 0 amide bonds. The summed E-state index contributed by atoms with van der Waals surface area (Å²) in [5, 5.41) is 3.38. The Bertz CT molecular complexity index is 2810. The van der Waals surface area contributed by atoms with E-state index in [-0.39, 0.29) is 0 Å². The molecule has 9 rings (SSSR count). The molecule has 3 heterocycles. The number of aromatic nitrogens is 5. The zero-order valence-electron chi connectivity index (χ0n) is 29.0. The third-order valence-electron chi connectivity index (χ3n) is 9.35. The number of fused-ring (bicyclic) bond motifs is 4. The average Bonchev–Trinajstić information content (AvgIpc) is 3.80. The van der Waals surface area contributed by atoms with E-state index >= 15 is 0 Å². The van der Waals surface area contributed by atoms with Crippen molar-refractivity contribution in [3.05, 3.63) is 182 Å². The van der Waals surface area contributed by atoms with Gasteiger partial charge in [-0.2, -0.15) is 0 Å². The molecule has 3 aromatic heterocycles. The first-order valence-corrected chi connectivity index (χ1v) is 18.4. The normalized spacial score (nSPS) is 12.0. The van der Waals surface area contributed by atoms with Gasteiger partial charge >= 0.3 is 0 Å². The highest BCUT2D eigenvalue weighted by molar-refractivity contribution is 7.21. The summed E-state index contributed by atoms with van der Waals surface area (Å²) in [6.45, 7) is 5.97. The van der Waals surface area contributed by atoms with Crippen LogP contribution in [0.3, 0.4) is 0 Å². The standard InChI is InChI=1S/C47H33N5S/c1-3-14-31(15-4-2)34-24-26-42-39(29-34)38-22-11-12-23-41(38)52(42)37-21-13-20-36(28-37)47-48-40-30-35(25-27-43(40)53-47)46-50-44(32-16-7-5-8-17-32)49-45(51-46)33-18-9-6-10-19-33/h3-30H,1H2,2H3/b15-4-,31-14+. The summed E-state index contributed by atoms with van der Waals surface area (Å²) in [5.41, 5.74) is 10.4. The SMILES string of the molecule is C=C/C=C(\C=C/C)c1ccc2c(c1)c1ccccc1n2-c1cccc(-c2nc3cc(-c4nc(-c5ccccc5)nc(-c5ccccc5)n4)ccc3s2)c1. The van der Waals surface area contributed by atoms with Crippen molar-refractivity contribution < 1.29 is 0 Å². The number of hydrogen-bond donors (Lipinski definition) is 0. The molecular weight excluding hydrogens is 667 g/mol. The molecule has 0 spiro atoms. The van der Waals surface area contributed by atoms with Crippen LogP contribution in [-0.2, 0) is 0 Å². The number of benzene rings is 6. The van der Waals surface area contributed by atoms with Gasteiger partial charge in [0.05, 0.1) is 21.3 Å². The second-order valence-corrected chi connectivity index (χ2v) is 13.8. The maximum absolute atomic E-state index is 5.16. The number of rotatable bonds is 8. The fraction of sp³-hybridized carbons (Fsp3) is 0.0213. The van der Waals surface area contributed by atoms with Gasteiger partial charge in [0.25, 0.3) is 0 Å². The zero-order chi connectivity index (χ0) is 35.7. The fourth-order valence-corrected chi connectivity index (χ4v) is 7.83. The van der Waals surface area contributed by atoms with Crippen LogP contribution in [0.1, 0.15) is 12.5 Å². The van der Waals surface area contributed by atoms with Gasteiger partial charge in [0.1, 0.15) is 5.01 Å². The van der Waals surface area contributed by atoms with Gasteiger partial charge in [0.15, 0.2) is 17.5 Å². The van der Waals surface area contributed by atoms with Gasteiger partial charge in [0, 0.05) is 38.7 Å². The van der Waals surface area contributed by atoms with Gasteiger partial charge in [-0.1, -0.05) is 128 Å². The van der Waals surface area contributed by atoms with Crippen molar-refractivity contribution in [1.82, 2.24) is 24.5 Å². The summed E-state index contributed by atoms with van der Waals surface area (Å²) < 4.78 is 3.45. The van der Waals surface area contributed by atoms with E-state index in [2.05, 4.69) is 114 Å². The van der Waals surface area contributed by atoms with Gasteiger partial charge < -0.3 is 4.57 Å². The van der Waals surface area contributed by atoms with Crippen LogP contribution in [0.5, 0.6) is 0 Å². The summed E-state index contributed by atoms with van der Waals surface area (Å²) in [7, 11) is 0. The maximum Gasteiger partial charge on any atom is 0.164 e. The Labute approximate surface area is 311 Å². The lowest BCUT2D eigenvalue weighted by atomic mass is 10.0. The van der Waals surface area contributed by atoms with Crippen LogP contribution >= 0.6 is 11.3 Å². The molecule has 0 aliphatic carbocycles. The average molecular weight is 700 g/mol. The molecule has 0 saturated carbocycles. The van der Waals surface area contributed by atoms with Crippen molar-refractivity contribution in [2.24, 2.45) is 0 Å². The Balaban J connectivity index is 1.12. The Kier molecular flexibility index (Phi) is 8.35. The predicted octanol–water partition coefficient (Wildman–Crippen LogP) is 12.4. The number of para-hydroxylation sites is 1. The van der Waals surface area contributed by atoms with Crippen molar-refractivity contribution in [2.75, 3.05) is 0 Å². The van der Waals surface area contributed by atoms with E-state index in [1.807, 2.05) is 73.7 Å². The van der Waals surface area contributed by atoms with Gasteiger partial charge in [-0.25, -0.2) is 19.9 Å². The molecule has 6 heteroatoms. The first-order valence-electron chi connectivity index (χ1n) is 17.5. The topological polar surface area (TPSA) is 56.5 Å². The third kappa shape index (κ3) is 6.05. The van der Waals surface area contributed by atoms with E-state index in [4.69, 9.17) is 19.9 Å². The van der Waals surface area contributed by atoms with Crippen LogP contribution in [0, 0.1) is 0 Å². The summed E-state index contributed by atoms with van der Waals surface area (Å²) in [4.78, 5) is 19.9. The molecule has 0 bridgehead atoms. The lowest BCUT2D eigenvalue weighted by Crippen LogP contribution is -2.00. The van der Waals surface area contributed by atoms with Gasteiger partial charge in [-0.15, -0.1) is 11.3 Å². The second-order valence-electron chi connectivity index (χ2n) is 12.7. The molecule has 0 saturated heterocycles. The molecular formula is C47H33N5S. The van der Waals surface area contributed by atoms with Crippen molar-refractivity contribution in [3.8, 4) is 50.4 Å². The van der Waals surface area contributed by atoms with Crippen LogP contribution in [0.4, 0.5) is 0 Å². The molecule has 0 aliphatic rings. The molecule has 6 aromatic carbocycles. The van der Waals surface area contributed by atoms with E-state index in [9.17, 15) is 0 Å². The molecule has 0 fully saturated rings. The minimum Gasteiger partial charge on any atom is -0.309 e. The molecule has 0 radical (unpaired) electrons. The number of nitrogens with zero attached hydrogens (tertiary/aromatic N) is 5. The van der Waals surface area contributed by atoms with Gasteiger partial charge in [-0.05, 0) is 66.6 Å². The number of thiazole rings is 1. The summed E-state index contributed by atoms with van der Waals surface area (Å²) in [6, 6.07) is 50.4. The van der Waals surface area contributed by atoms with E-state index in [1.165, 1.54) is 10.8 Å². The van der Waals surface area contributed by atoms with Gasteiger partial charge in [-0.3, -0.25) is 0 Å². The quantitative estimate of drug-likeness (QED) is 0.148. The third-order valence-corrected chi connectivity index (χ3v) is 10.4. The highest BCUT2D eigenvalue weighted by Crippen LogP contribution is 2.37. The van der Waals surface area contributed by atoms with Crippen LogP contribution < -0.4 is 0 Å². The molecule has 5 nitrogen and oxygen atoms in total. The first-order chi connectivity index (χ1) is 26.2. The van der Waals surface area contributed by atoms with Crippen LogP contribution in [0.2, 0.25) is 0 Å². The molecule has 0 atom stereocenters. The van der Waals surface area contributed by atoms with Crippen LogP contribution in [0.25, 0.3) is 88.0 Å². The Morgan fingerprint density at radius 1 is 0.585 bits per heavy atom. The van der Waals surface area contributed by atoms with Crippen molar-refractivity contribution in [2.45, 2.75) is 6.92 Å². The zero-order valence-corrected chi connectivity index (χ0v) is 29.8. The minimum absolute atomic E-state index is 0.614. The molecule has 0 N–H and O–H groups in total. The lowest BCUT2D eigenvalue weighted by molar-refractivity contribution is 1.07. The number of allylic oxidation sites excluding steroid dienone is 5. The van der Waals surface area contributed by atoms with Crippen molar-refractivity contribution >= 4 is 48.9 Å². The summed E-state index contributed by atoms with van der Waals surface area (Å²) >= 11 is 1.69. The Hall–Kier alpha value is -6.76. The maximum atomic E-state index is 5.16. The van der Waals surface area contributed by atoms with E-state index in [0.29, 0.717) is 17.5 Å². The van der Waals surface area contributed by atoms with E-state index < -0.39 is 0 Å². The second kappa shape index (κ2) is 13.8. The molecule has 9 aromatic rings. The van der Waals surface area contributed by atoms with E-state index in [0.717, 1.165) is 65.3 Å². The van der Waals surface area contributed by atoms with Gasteiger partial charge in [0.2, 0.25) is 0 Å². The summed E-state index contributed by atoms with van der Waals surface area (Å²) in [6.07, 6.45) is 8.08. The summed E-state index contributed by atoms with van der Waals surface area (Å²) in [5.74, 6) is 1.89. The van der Waals surface area contributed by atoms with Crippen molar-refractivity contribution in [1.29, 1.82) is 0 Å². The largest absolute Gasteiger partial charge is 0.309 e. The molecule has 0 aliphatic heterocycles. The Morgan fingerprint density at radius 2 is 1.25 bits per heavy atom. The molecule has 252 valence electrons. The van der Waals surface area contributed by atoms with Crippen LogP contribution in [-0.4, -0.2) is 24.5 Å². The lowest BCUT2D eigenvalue weighted by Gasteiger charge is -2.10. The Morgan fingerprint density at radius 3 is 1.96 bits per heavy atom. The van der Waals surface area contributed by atoms with E-state index in [1.54, 1.807) is 11.3 Å². The smallest absolute Gasteiger partial charge is 0.164 e. The predicted molar refractivity (Wildman–Crippen MR) is 222 cm³/mol. The highest BCUT2D eigenvalue weighted by Gasteiger charge is 2.17. The molecule has 53 heavy (non-hydrogen) atoms. The fourth-order valence-electron chi connectivity index (χ4n) is 6.89. The number of hydrogen-bond acceptors (Lipinski definition) is 5.